The second-order valence-corrected chi connectivity index (χ2v) is 5.76. The summed E-state index contributed by atoms with van der Waals surface area (Å²) in [5.74, 6) is 0.561. The van der Waals surface area contributed by atoms with Crippen LogP contribution in [0.1, 0.15) is 25.7 Å². The molecule has 2 fully saturated rings. The minimum Gasteiger partial charge on any atom is -0.351 e. The number of anilines is 1. The number of aromatic nitrogens is 1. The van der Waals surface area contributed by atoms with Crippen LogP contribution in [0, 0.1) is 5.92 Å². The van der Waals surface area contributed by atoms with Crippen LogP contribution in [-0.2, 0) is 4.79 Å². The topological polar surface area (TPSA) is 45.2 Å². The Morgan fingerprint density at radius 2 is 2.35 bits per heavy atom. The first kappa shape index (κ1) is 11.0. The molecular weight excluding hydrogens is 234 g/mol. The Kier molecular flexibility index (Phi) is 3.01. The van der Waals surface area contributed by atoms with Crippen LogP contribution in [0.4, 0.5) is 5.13 Å². The minimum absolute atomic E-state index is 0.266. The second-order valence-electron chi connectivity index (χ2n) is 4.88. The van der Waals surface area contributed by atoms with Gasteiger partial charge in [0.25, 0.3) is 0 Å². The van der Waals surface area contributed by atoms with Gasteiger partial charge >= 0.3 is 0 Å². The van der Waals surface area contributed by atoms with Crippen molar-refractivity contribution in [2.45, 2.75) is 31.7 Å². The number of hydrogen-bond acceptors (Lipinski definition) is 4. The third kappa shape index (κ3) is 2.29. The summed E-state index contributed by atoms with van der Waals surface area (Å²) in [7, 11) is 0. The molecule has 2 heterocycles. The smallest absolute Gasteiger partial charge is 0.223 e. The lowest BCUT2D eigenvalue weighted by Crippen LogP contribution is -2.42. The lowest BCUT2D eigenvalue weighted by molar-refractivity contribution is -0.127. The summed E-state index contributed by atoms with van der Waals surface area (Å²) in [4.78, 5) is 18.4. The zero-order chi connectivity index (χ0) is 11.7. The van der Waals surface area contributed by atoms with Gasteiger partial charge < -0.3 is 10.2 Å². The maximum Gasteiger partial charge on any atom is 0.223 e. The van der Waals surface area contributed by atoms with Gasteiger partial charge in [0.15, 0.2) is 5.13 Å². The Morgan fingerprint density at radius 1 is 1.47 bits per heavy atom. The zero-order valence-electron chi connectivity index (χ0n) is 9.76. The largest absolute Gasteiger partial charge is 0.351 e. The third-order valence-corrected chi connectivity index (χ3v) is 4.53. The quantitative estimate of drug-likeness (QED) is 0.888. The van der Waals surface area contributed by atoms with Gasteiger partial charge in [0.1, 0.15) is 0 Å². The molecule has 1 aromatic rings. The molecule has 17 heavy (non-hydrogen) atoms. The van der Waals surface area contributed by atoms with E-state index in [9.17, 15) is 4.79 Å². The van der Waals surface area contributed by atoms with Crippen molar-refractivity contribution in [2.75, 3.05) is 18.0 Å². The minimum atomic E-state index is 0.266. The number of amides is 1. The van der Waals surface area contributed by atoms with Gasteiger partial charge in [-0.15, -0.1) is 11.3 Å². The van der Waals surface area contributed by atoms with E-state index in [0.717, 1.165) is 37.5 Å². The zero-order valence-corrected chi connectivity index (χ0v) is 10.6. The van der Waals surface area contributed by atoms with Gasteiger partial charge in [0, 0.05) is 36.6 Å². The summed E-state index contributed by atoms with van der Waals surface area (Å²) in [6.07, 6.45) is 6.25. The van der Waals surface area contributed by atoms with Gasteiger partial charge in [-0.25, -0.2) is 4.98 Å². The first-order valence-corrected chi connectivity index (χ1v) is 7.16. The van der Waals surface area contributed by atoms with Crippen LogP contribution < -0.4 is 10.2 Å². The summed E-state index contributed by atoms with van der Waals surface area (Å²) in [6.45, 7) is 1.91. The molecule has 4 nitrogen and oxygen atoms in total. The molecule has 1 aromatic heterocycles. The highest BCUT2D eigenvalue weighted by atomic mass is 32.1. The molecule has 1 amide bonds. The fourth-order valence-electron chi connectivity index (χ4n) is 2.41. The Hall–Kier alpha value is -1.10. The summed E-state index contributed by atoms with van der Waals surface area (Å²) in [5, 5.41) is 6.24. The second kappa shape index (κ2) is 4.64. The number of hydrogen-bond donors (Lipinski definition) is 1. The highest BCUT2D eigenvalue weighted by molar-refractivity contribution is 7.13. The van der Waals surface area contributed by atoms with Gasteiger partial charge in [-0.3, -0.25) is 4.79 Å². The highest BCUT2D eigenvalue weighted by Crippen LogP contribution is 2.27. The van der Waals surface area contributed by atoms with E-state index in [1.807, 2.05) is 11.6 Å². The molecule has 0 aromatic carbocycles. The molecule has 1 unspecified atom stereocenters. The lowest BCUT2D eigenvalue weighted by atomic mass is 9.84. The molecule has 3 rings (SSSR count). The SMILES string of the molecule is O=C(NC1CCN(c2nccs2)C1)C1CCC1. The number of carbonyl (C=O) groups excluding carboxylic acids is 1. The molecule has 92 valence electrons. The molecule has 2 aliphatic rings. The molecule has 0 bridgehead atoms. The highest BCUT2D eigenvalue weighted by Gasteiger charge is 2.30. The van der Waals surface area contributed by atoms with E-state index in [2.05, 4.69) is 15.2 Å². The third-order valence-electron chi connectivity index (χ3n) is 3.70. The van der Waals surface area contributed by atoms with Crippen molar-refractivity contribution in [1.29, 1.82) is 0 Å². The standard InChI is InChI=1S/C12H17N3OS/c16-11(9-2-1-3-9)14-10-4-6-15(8-10)12-13-5-7-17-12/h5,7,9-10H,1-4,6,8H2,(H,14,16). The van der Waals surface area contributed by atoms with Crippen LogP contribution in [0.5, 0.6) is 0 Å². The van der Waals surface area contributed by atoms with Crippen molar-refractivity contribution in [3.63, 3.8) is 0 Å². The van der Waals surface area contributed by atoms with E-state index in [0.29, 0.717) is 12.0 Å². The first-order chi connectivity index (χ1) is 8.33. The average Bonchev–Trinajstić information content (AvgIpc) is 2.82. The van der Waals surface area contributed by atoms with Gasteiger partial charge in [-0.2, -0.15) is 0 Å². The monoisotopic (exact) mass is 251 g/mol. The number of nitrogens with one attached hydrogen (secondary N) is 1. The van der Waals surface area contributed by atoms with Crippen molar-refractivity contribution in [1.82, 2.24) is 10.3 Å². The van der Waals surface area contributed by atoms with E-state index in [1.165, 1.54) is 6.42 Å². The van der Waals surface area contributed by atoms with Crippen LogP contribution >= 0.6 is 11.3 Å². The number of nitrogens with zero attached hydrogens (tertiary/aromatic N) is 2. The number of carbonyl (C=O) groups is 1. The van der Waals surface area contributed by atoms with E-state index in [1.54, 1.807) is 11.3 Å². The number of thiazole rings is 1. The van der Waals surface area contributed by atoms with E-state index < -0.39 is 0 Å². The van der Waals surface area contributed by atoms with Gasteiger partial charge in [-0.05, 0) is 19.3 Å². The molecule has 1 aliphatic heterocycles. The molecule has 0 radical (unpaired) electrons. The predicted octanol–water partition coefficient (Wildman–Crippen LogP) is 1.64. The molecular formula is C12H17N3OS. The molecule has 1 N–H and O–H groups in total. The first-order valence-electron chi connectivity index (χ1n) is 6.28. The van der Waals surface area contributed by atoms with E-state index in [-0.39, 0.29) is 5.91 Å². The Morgan fingerprint density at radius 3 is 3.00 bits per heavy atom. The normalized spacial score (nSPS) is 24.7. The summed E-state index contributed by atoms with van der Waals surface area (Å²) in [5.41, 5.74) is 0. The molecule has 1 atom stereocenters. The van der Waals surface area contributed by atoms with Crippen molar-refractivity contribution >= 4 is 22.4 Å². The van der Waals surface area contributed by atoms with Gasteiger partial charge in [0.2, 0.25) is 5.91 Å². The maximum atomic E-state index is 11.8. The van der Waals surface area contributed by atoms with Crippen LogP contribution in [0.2, 0.25) is 0 Å². The van der Waals surface area contributed by atoms with Crippen molar-refractivity contribution in [2.24, 2.45) is 5.92 Å². The van der Waals surface area contributed by atoms with E-state index >= 15 is 0 Å². The Balaban J connectivity index is 1.52. The molecule has 5 heteroatoms. The fraction of sp³-hybridized carbons (Fsp3) is 0.667. The van der Waals surface area contributed by atoms with Crippen LogP contribution in [0.25, 0.3) is 0 Å². The molecule has 0 spiro atoms. The summed E-state index contributed by atoms with van der Waals surface area (Å²) in [6, 6.07) is 0.312. The van der Waals surface area contributed by atoms with Crippen molar-refractivity contribution in [3.05, 3.63) is 11.6 Å². The number of rotatable bonds is 3. The van der Waals surface area contributed by atoms with Gasteiger partial charge in [0.05, 0.1) is 0 Å². The van der Waals surface area contributed by atoms with Crippen LogP contribution in [0.3, 0.4) is 0 Å². The molecule has 1 saturated heterocycles. The summed E-state index contributed by atoms with van der Waals surface area (Å²) >= 11 is 1.67. The molecule has 1 saturated carbocycles. The van der Waals surface area contributed by atoms with Crippen molar-refractivity contribution < 1.29 is 4.79 Å². The van der Waals surface area contributed by atoms with Crippen molar-refractivity contribution in [3.8, 4) is 0 Å². The average molecular weight is 251 g/mol. The Labute approximate surface area is 105 Å². The van der Waals surface area contributed by atoms with Crippen LogP contribution in [0.15, 0.2) is 11.6 Å². The Bertz CT molecular complexity index is 388. The molecule has 1 aliphatic carbocycles. The maximum absolute atomic E-state index is 11.8. The fourth-order valence-corrected chi connectivity index (χ4v) is 3.09. The van der Waals surface area contributed by atoms with Crippen LogP contribution in [-0.4, -0.2) is 30.0 Å². The lowest BCUT2D eigenvalue weighted by Gasteiger charge is -2.26. The predicted molar refractivity (Wildman–Crippen MR) is 68.2 cm³/mol. The van der Waals surface area contributed by atoms with Gasteiger partial charge in [-0.1, -0.05) is 6.42 Å². The van der Waals surface area contributed by atoms with E-state index in [4.69, 9.17) is 0 Å². The summed E-state index contributed by atoms with van der Waals surface area (Å²) < 4.78 is 0.